The lowest BCUT2D eigenvalue weighted by molar-refractivity contribution is 0.612. The standard InChI is InChI=1S/C8H10FNOS/c9-8-4-2-1-3-7(8)5-6-12(10)11/h1-4H,5-6,10H2/t12-/m1/s1. The Hall–Kier alpha value is -0.740. The van der Waals surface area contributed by atoms with Crippen molar-refractivity contribution in [3.05, 3.63) is 35.6 Å². The Morgan fingerprint density at radius 3 is 2.67 bits per heavy atom. The average Bonchev–Trinajstić information content (AvgIpc) is 2.03. The van der Waals surface area contributed by atoms with Crippen molar-refractivity contribution < 1.29 is 8.60 Å². The molecule has 0 heterocycles. The predicted molar refractivity (Wildman–Crippen MR) is 47.3 cm³/mol. The van der Waals surface area contributed by atoms with Crippen molar-refractivity contribution in [1.29, 1.82) is 0 Å². The molecule has 1 atom stereocenters. The first-order valence-electron chi connectivity index (χ1n) is 3.56. The van der Waals surface area contributed by atoms with Gasteiger partial charge in [-0.25, -0.2) is 8.60 Å². The van der Waals surface area contributed by atoms with Gasteiger partial charge in [0.2, 0.25) is 0 Å². The fourth-order valence-electron chi connectivity index (χ4n) is 0.912. The van der Waals surface area contributed by atoms with Crippen LogP contribution in [0.5, 0.6) is 0 Å². The number of aryl methyl sites for hydroxylation is 1. The van der Waals surface area contributed by atoms with Crippen LogP contribution in [0, 0.1) is 5.82 Å². The van der Waals surface area contributed by atoms with Crippen LogP contribution in [-0.4, -0.2) is 9.96 Å². The van der Waals surface area contributed by atoms with Crippen LogP contribution in [0.4, 0.5) is 4.39 Å². The van der Waals surface area contributed by atoms with E-state index in [9.17, 15) is 8.60 Å². The van der Waals surface area contributed by atoms with Gasteiger partial charge >= 0.3 is 0 Å². The highest BCUT2D eigenvalue weighted by Gasteiger charge is 2.00. The summed E-state index contributed by atoms with van der Waals surface area (Å²) >= 11 is 0. The summed E-state index contributed by atoms with van der Waals surface area (Å²) in [6, 6.07) is 6.42. The van der Waals surface area contributed by atoms with Crippen molar-refractivity contribution in [2.45, 2.75) is 6.42 Å². The second kappa shape index (κ2) is 4.33. The van der Waals surface area contributed by atoms with Crippen molar-refractivity contribution in [3.8, 4) is 0 Å². The molecule has 0 aliphatic carbocycles. The van der Waals surface area contributed by atoms with E-state index in [4.69, 9.17) is 5.14 Å². The number of nitrogens with two attached hydrogens (primary N) is 1. The maximum absolute atomic E-state index is 12.9. The van der Waals surface area contributed by atoms with Crippen LogP contribution < -0.4 is 5.14 Å². The van der Waals surface area contributed by atoms with E-state index in [1.54, 1.807) is 18.2 Å². The maximum Gasteiger partial charge on any atom is 0.126 e. The zero-order valence-electron chi connectivity index (χ0n) is 6.50. The van der Waals surface area contributed by atoms with E-state index in [-0.39, 0.29) is 5.82 Å². The summed E-state index contributed by atoms with van der Waals surface area (Å²) < 4.78 is 23.4. The third-order valence-electron chi connectivity index (χ3n) is 1.53. The molecular formula is C8H10FNOS. The number of halogens is 1. The molecule has 0 amide bonds. The zero-order valence-corrected chi connectivity index (χ0v) is 7.31. The maximum atomic E-state index is 12.9. The Balaban J connectivity index is 2.63. The molecule has 0 unspecified atom stereocenters. The van der Waals surface area contributed by atoms with Gasteiger partial charge in [0.25, 0.3) is 0 Å². The molecule has 0 fully saturated rings. The number of benzene rings is 1. The lowest BCUT2D eigenvalue weighted by atomic mass is 10.2. The van der Waals surface area contributed by atoms with Gasteiger partial charge in [-0.05, 0) is 18.1 Å². The van der Waals surface area contributed by atoms with Gasteiger partial charge in [0.1, 0.15) is 5.82 Å². The second-order valence-corrected chi connectivity index (χ2v) is 3.60. The SMILES string of the molecule is N[S@](=O)CCc1ccccc1F. The normalized spacial score (nSPS) is 12.8. The molecule has 1 aromatic carbocycles. The van der Waals surface area contributed by atoms with Gasteiger partial charge in [0.05, 0.1) is 11.0 Å². The second-order valence-electron chi connectivity index (χ2n) is 2.43. The van der Waals surface area contributed by atoms with Crippen LogP contribution in [-0.2, 0) is 17.4 Å². The van der Waals surface area contributed by atoms with Gasteiger partial charge in [-0.2, -0.15) is 0 Å². The summed E-state index contributed by atoms with van der Waals surface area (Å²) in [6.45, 7) is 0. The summed E-state index contributed by atoms with van der Waals surface area (Å²) in [5.41, 5.74) is 0.566. The minimum atomic E-state index is -1.34. The average molecular weight is 187 g/mol. The van der Waals surface area contributed by atoms with Crippen LogP contribution in [0.25, 0.3) is 0 Å². The van der Waals surface area contributed by atoms with Crippen LogP contribution in [0.3, 0.4) is 0 Å². The number of hydrogen-bond acceptors (Lipinski definition) is 1. The van der Waals surface area contributed by atoms with E-state index in [0.717, 1.165) is 0 Å². The van der Waals surface area contributed by atoms with Crippen molar-refractivity contribution in [1.82, 2.24) is 0 Å². The van der Waals surface area contributed by atoms with E-state index in [1.807, 2.05) is 0 Å². The van der Waals surface area contributed by atoms with Gasteiger partial charge in [0.15, 0.2) is 0 Å². The molecule has 0 aliphatic rings. The molecule has 2 nitrogen and oxygen atoms in total. The van der Waals surface area contributed by atoms with Crippen molar-refractivity contribution >= 4 is 11.0 Å². The number of hydrogen-bond donors (Lipinski definition) is 1. The highest BCUT2D eigenvalue weighted by molar-refractivity contribution is 7.82. The molecule has 66 valence electrons. The quantitative estimate of drug-likeness (QED) is 0.753. The van der Waals surface area contributed by atoms with Gasteiger partial charge in [0, 0.05) is 5.75 Å². The smallest absolute Gasteiger partial charge is 0.126 e. The van der Waals surface area contributed by atoms with Gasteiger partial charge in [-0.3, -0.25) is 5.14 Å². The Morgan fingerprint density at radius 2 is 2.08 bits per heavy atom. The monoisotopic (exact) mass is 187 g/mol. The fraction of sp³-hybridized carbons (Fsp3) is 0.250. The Morgan fingerprint density at radius 1 is 1.42 bits per heavy atom. The number of rotatable bonds is 3. The summed E-state index contributed by atoms with van der Waals surface area (Å²) in [5, 5.41) is 5.04. The Labute approximate surface area is 73.2 Å². The van der Waals surface area contributed by atoms with E-state index in [2.05, 4.69) is 0 Å². The molecule has 4 heteroatoms. The minimum Gasteiger partial charge on any atom is -0.252 e. The summed E-state index contributed by atoms with van der Waals surface area (Å²) in [7, 11) is -1.34. The Bertz CT molecular complexity index is 290. The molecule has 0 radical (unpaired) electrons. The lowest BCUT2D eigenvalue weighted by Crippen LogP contribution is -2.10. The van der Waals surface area contributed by atoms with E-state index >= 15 is 0 Å². The predicted octanol–water partition coefficient (Wildman–Crippen LogP) is 0.991. The van der Waals surface area contributed by atoms with Crippen LogP contribution in [0.15, 0.2) is 24.3 Å². The molecule has 12 heavy (non-hydrogen) atoms. The molecule has 0 saturated carbocycles. The highest BCUT2D eigenvalue weighted by Crippen LogP contribution is 2.06. The molecule has 0 saturated heterocycles. The van der Waals surface area contributed by atoms with Crippen molar-refractivity contribution in [2.75, 3.05) is 5.75 Å². The van der Waals surface area contributed by atoms with Crippen molar-refractivity contribution in [3.63, 3.8) is 0 Å². The third-order valence-corrected chi connectivity index (χ3v) is 2.14. The molecule has 0 bridgehead atoms. The minimum absolute atomic E-state index is 0.261. The van der Waals surface area contributed by atoms with E-state index in [1.165, 1.54) is 6.07 Å². The lowest BCUT2D eigenvalue weighted by Gasteiger charge is -1.99. The first-order chi connectivity index (χ1) is 5.70. The fourth-order valence-corrected chi connectivity index (χ4v) is 1.33. The third kappa shape index (κ3) is 2.71. The van der Waals surface area contributed by atoms with Crippen LogP contribution in [0.2, 0.25) is 0 Å². The molecular weight excluding hydrogens is 177 g/mol. The Kier molecular flexibility index (Phi) is 3.37. The molecule has 2 N–H and O–H groups in total. The molecule has 0 aromatic heterocycles. The largest absolute Gasteiger partial charge is 0.252 e. The first-order valence-corrected chi connectivity index (χ1v) is 4.94. The highest BCUT2D eigenvalue weighted by atomic mass is 32.2. The van der Waals surface area contributed by atoms with Gasteiger partial charge in [-0.1, -0.05) is 18.2 Å². The van der Waals surface area contributed by atoms with Crippen LogP contribution in [0.1, 0.15) is 5.56 Å². The zero-order chi connectivity index (χ0) is 8.97. The van der Waals surface area contributed by atoms with Crippen LogP contribution >= 0.6 is 0 Å². The van der Waals surface area contributed by atoms with E-state index in [0.29, 0.717) is 17.7 Å². The topological polar surface area (TPSA) is 43.1 Å². The molecule has 0 aliphatic heterocycles. The summed E-state index contributed by atoms with van der Waals surface area (Å²) in [4.78, 5) is 0. The van der Waals surface area contributed by atoms with E-state index < -0.39 is 11.0 Å². The first kappa shape index (κ1) is 9.35. The summed E-state index contributed by atoms with van der Waals surface area (Å²) in [5.74, 6) is 0.0453. The van der Waals surface area contributed by atoms with Gasteiger partial charge in [-0.15, -0.1) is 0 Å². The molecule has 1 aromatic rings. The van der Waals surface area contributed by atoms with Crippen molar-refractivity contribution in [2.24, 2.45) is 5.14 Å². The molecule has 1 rings (SSSR count). The van der Waals surface area contributed by atoms with Gasteiger partial charge < -0.3 is 0 Å². The molecule has 0 spiro atoms. The summed E-state index contributed by atoms with van der Waals surface area (Å²) in [6.07, 6.45) is 0.426.